The van der Waals surface area contributed by atoms with Gasteiger partial charge in [0.15, 0.2) is 0 Å². The van der Waals surface area contributed by atoms with Crippen molar-refractivity contribution in [3.05, 3.63) is 24.3 Å². The molecule has 0 aliphatic carbocycles. The maximum absolute atomic E-state index is 12.5. The Morgan fingerprint density at radius 3 is 1.26 bits per heavy atom. The van der Waals surface area contributed by atoms with Crippen LogP contribution in [0.5, 0.6) is 0 Å². The number of amides is 1. The Labute approximate surface area is 380 Å². The lowest BCUT2D eigenvalue weighted by atomic mass is 10.0. The van der Waals surface area contributed by atoms with E-state index >= 15 is 0 Å². The standard InChI is InChI=1S/C55H105NO5/c1-3-5-7-9-11-13-15-17-19-21-22-23-24-26-28-31-35-39-43-47-53(58)52(51-57)56-54(59)48-44-40-36-32-30-34-38-42-46-50-61-55(60)49-45-41-37-33-29-27-25-20-18-16-14-12-10-8-6-4-2/h14,16,20,25,52-53,57-58H,3-13,15,17-19,21-24,26-51H2,1-2H3,(H,56,59)/b16-14-,25-20-. The minimum absolute atomic E-state index is 0.0378. The van der Waals surface area contributed by atoms with Gasteiger partial charge in [-0.15, -0.1) is 0 Å². The number of carbonyl (C=O) groups is 2. The normalized spacial score (nSPS) is 12.8. The molecular formula is C55H105NO5. The first-order valence-corrected chi connectivity index (χ1v) is 27.1. The predicted molar refractivity (Wildman–Crippen MR) is 264 cm³/mol. The molecule has 0 aliphatic rings. The minimum Gasteiger partial charge on any atom is -0.466 e. The molecule has 6 nitrogen and oxygen atoms in total. The summed E-state index contributed by atoms with van der Waals surface area (Å²) >= 11 is 0. The van der Waals surface area contributed by atoms with Crippen LogP contribution in [0.25, 0.3) is 0 Å². The molecule has 0 saturated carbocycles. The molecule has 0 aromatic carbocycles. The van der Waals surface area contributed by atoms with Gasteiger partial charge in [-0.1, -0.05) is 244 Å². The van der Waals surface area contributed by atoms with E-state index in [2.05, 4.69) is 43.5 Å². The van der Waals surface area contributed by atoms with Gasteiger partial charge in [0.1, 0.15) is 0 Å². The van der Waals surface area contributed by atoms with Crippen molar-refractivity contribution in [2.24, 2.45) is 0 Å². The number of aliphatic hydroxyl groups is 2. The first kappa shape index (κ1) is 59.3. The molecule has 0 saturated heterocycles. The molecule has 1 amide bonds. The first-order valence-electron chi connectivity index (χ1n) is 27.1. The Kier molecular flexibility index (Phi) is 49.6. The van der Waals surface area contributed by atoms with Crippen molar-refractivity contribution in [1.29, 1.82) is 0 Å². The molecular weight excluding hydrogens is 755 g/mol. The van der Waals surface area contributed by atoms with Gasteiger partial charge in [-0.2, -0.15) is 0 Å². The Balaban J connectivity index is 3.50. The second kappa shape index (κ2) is 51.0. The first-order chi connectivity index (χ1) is 30.0. The molecule has 3 N–H and O–H groups in total. The van der Waals surface area contributed by atoms with Crippen LogP contribution in [-0.2, 0) is 14.3 Å². The molecule has 0 bridgehead atoms. The van der Waals surface area contributed by atoms with E-state index in [1.54, 1.807) is 0 Å². The van der Waals surface area contributed by atoms with Gasteiger partial charge in [0.05, 0.1) is 25.4 Å². The molecule has 360 valence electrons. The third-order valence-corrected chi connectivity index (χ3v) is 12.5. The van der Waals surface area contributed by atoms with Crippen LogP contribution in [-0.4, -0.2) is 47.4 Å². The van der Waals surface area contributed by atoms with E-state index in [0.29, 0.717) is 25.9 Å². The van der Waals surface area contributed by atoms with Gasteiger partial charge < -0.3 is 20.3 Å². The van der Waals surface area contributed by atoms with Gasteiger partial charge in [-0.25, -0.2) is 0 Å². The zero-order chi connectivity index (χ0) is 44.4. The molecule has 0 spiro atoms. The van der Waals surface area contributed by atoms with Gasteiger partial charge in [-0.05, 0) is 57.8 Å². The quantitative estimate of drug-likeness (QED) is 0.0322. The highest BCUT2D eigenvalue weighted by Gasteiger charge is 2.20. The number of allylic oxidation sites excluding steroid dienone is 4. The lowest BCUT2D eigenvalue weighted by Crippen LogP contribution is -2.45. The summed E-state index contributed by atoms with van der Waals surface area (Å²) in [4.78, 5) is 24.5. The molecule has 6 heteroatoms. The average Bonchev–Trinajstić information content (AvgIpc) is 3.26. The summed E-state index contributed by atoms with van der Waals surface area (Å²) in [6.45, 7) is 4.88. The number of ether oxygens (including phenoxy) is 1. The molecule has 2 atom stereocenters. The molecule has 2 unspecified atom stereocenters. The van der Waals surface area contributed by atoms with Crippen LogP contribution in [0.1, 0.15) is 290 Å². The molecule has 0 aromatic heterocycles. The number of nitrogens with one attached hydrogen (secondary N) is 1. The van der Waals surface area contributed by atoms with Gasteiger partial charge in [0, 0.05) is 12.8 Å². The molecule has 0 aromatic rings. The van der Waals surface area contributed by atoms with Crippen molar-refractivity contribution in [2.45, 2.75) is 302 Å². The zero-order valence-electron chi connectivity index (χ0n) is 40.9. The number of unbranched alkanes of at least 4 members (excludes halogenated alkanes) is 35. The third-order valence-electron chi connectivity index (χ3n) is 12.5. The number of esters is 1. The van der Waals surface area contributed by atoms with E-state index in [0.717, 1.165) is 70.6 Å². The zero-order valence-corrected chi connectivity index (χ0v) is 40.9. The van der Waals surface area contributed by atoms with E-state index in [-0.39, 0.29) is 18.5 Å². The fraction of sp³-hybridized carbons (Fsp3) is 0.891. The number of hydrogen-bond acceptors (Lipinski definition) is 5. The Morgan fingerprint density at radius 2 is 0.820 bits per heavy atom. The van der Waals surface area contributed by atoms with Crippen LogP contribution < -0.4 is 5.32 Å². The van der Waals surface area contributed by atoms with Crippen molar-refractivity contribution in [3.8, 4) is 0 Å². The monoisotopic (exact) mass is 860 g/mol. The number of rotatable bonds is 50. The lowest BCUT2D eigenvalue weighted by molar-refractivity contribution is -0.143. The molecule has 0 radical (unpaired) electrons. The number of hydrogen-bond donors (Lipinski definition) is 3. The van der Waals surface area contributed by atoms with E-state index in [1.807, 2.05) is 0 Å². The average molecular weight is 860 g/mol. The maximum Gasteiger partial charge on any atom is 0.305 e. The van der Waals surface area contributed by atoms with Crippen molar-refractivity contribution in [2.75, 3.05) is 13.2 Å². The SMILES string of the molecule is CCCCCC/C=C\C/C=C\CCCCCCCC(=O)OCCCCCCCCCCCC(=O)NC(CO)C(O)CCCCCCCCCCCCCCCCCCCCC. The second-order valence-electron chi connectivity index (χ2n) is 18.6. The van der Waals surface area contributed by atoms with Crippen LogP contribution in [0.15, 0.2) is 24.3 Å². The van der Waals surface area contributed by atoms with Crippen LogP contribution in [0.3, 0.4) is 0 Å². The highest BCUT2D eigenvalue weighted by Crippen LogP contribution is 2.17. The number of carbonyl (C=O) groups excluding carboxylic acids is 2. The van der Waals surface area contributed by atoms with Gasteiger partial charge in [0.25, 0.3) is 0 Å². The highest BCUT2D eigenvalue weighted by molar-refractivity contribution is 5.76. The lowest BCUT2D eigenvalue weighted by Gasteiger charge is -2.22. The van der Waals surface area contributed by atoms with Gasteiger partial charge >= 0.3 is 5.97 Å². The third kappa shape index (κ3) is 47.7. The second-order valence-corrected chi connectivity index (χ2v) is 18.6. The van der Waals surface area contributed by atoms with Crippen LogP contribution >= 0.6 is 0 Å². The summed E-state index contributed by atoms with van der Waals surface area (Å²) in [7, 11) is 0. The maximum atomic E-state index is 12.5. The summed E-state index contributed by atoms with van der Waals surface area (Å²) in [5, 5.41) is 23.3. The largest absolute Gasteiger partial charge is 0.466 e. The predicted octanol–water partition coefficient (Wildman–Crippen LogP) is 16.3. The van der Waals surface area contributed by atoms with E-state index in [9.17, 15) is 19.8 Å². The molecule has 0 heterocycles. The van der Waals surface area contributed by atoms with E-state index < -0.39 is 12.1 Å². The fourth-order valence-electron chi connectivity index (χ4n) is 8.32. The molecule has 0 rings (SSSR count). The van der Waals surface area contributed by atoms with Crippen molar-refractivity contribution in [1.82, 2.24) is 5.32 Å². The topological polar surface area (TPSA) is 95.9 Å². The van der Waals surface area contributed by atoms with Crippen LogP contribution in [0.4, 0.5) is 0 Å². The van der Waals surface area contributed by atoms with E-state index in [1.165, 1.54) is 186 Å². The molecule has 61 heavy (non-hydrogen) atoms. The van der Waals surface area contributed by atoms with Crippen LogP contribution in [0, 0.1) is 0 Å². The Hall–Kier alpha value is -1.66. The fourth-order valence-corrected chi connectivity index (χ4v) is 8.32. The highest BCUT2D eigenvalue weighted by atomic mass is 16.5. The Morgan fingerprint density at radius 1 is 0.459 bits per heavy atom. The van der Waals surface area contributed by atoms with Crippen molar-refractivity contribution >= 4 is 11.9 Å². The number of aliphatic hydroxyl groups excluding tert-OH is 2. The van der Waals surface area contributed by atoms with Gasteiger partial charge in [0.2, 0.25) is 5.91 Å². The van der Waals surface area contributed by atoms with Crippen molar-refractivity contribution in [3.63, 3.8) is 0 Å². The Bertz CT molecular complexity index is 951. The van der Waals surface area contributed by atoms with Crippen LogP contribution in [0.2, 0.25) is 0 Å². The summed E-state index contributed by atoms with van der Waals surface area (Å²) in [5.41, 5.74) is 0. The summed E-state index contributed by atoms with van der Waals surface area (Å²) in [5.74, 6) is -0.0997. The van der Waals surface area contributed by atoms with Gasteiger partial charge in [-0.3, -0.25) is 9.59 Å². The molecule has 0 fully saturated rings. The molecule has 0 aliphatic heterocycles. The smallest absolute Gasteiger partial charge is 0.305 e. The summed E-state index contributed by atoms with van der Waals surface area (Å²) < 4.78 is 5.45. The minimum atomic E-state index is -0.683. The summed E-state index contributed by atoms with van der Waals surface area (Å²) in [6.07, 6.45) is 60.0. The van der Waals surface area contributed by atoms with E-state index in [4.69, 9.17) is 4.74 Å². The summed E-state index contributed by atoms with van der Waals surface area (Å²) in [6, 6.07) is -0.563. The van der Waals surface area contributed by atoms with Crippen molar-refractivity contribution < 1.29 is 24.5 Å².